The van der Waals surface area contributed by atoms with Crippen LogP contribution < -0.4 is 4.72 Å². The van der Waals surface area contributed by atoms with Crippen LogP contribution in [0, 0.1) is 5.92 Å². The lowest BCUT2D eigenvalue weighted by Crippen LogP contribution is -2.32. The summed E-state index contributed by atoms with van der Waals surface area (Å²) in [5, 5.41) is 10.2. The van der Waals surface area contributed by atoms with Gasteiger partial charge in [0.25, 0.3) is 10.0 Å². The maximum Gasteiger partial charge on any atom is 0.259 e. The number of ether oxygens (including phenoxy) is 1. The molecule has 1 aliphatic rings. The van der Waals surface area contributed by atoms with Crippen molar-refractivity contribution < 1.29 is 18.3 Å². The van der Waals surface area contributed by atoms with Gasteiger partial charge in [-0.2, -0.15) is 0 Å². The summed E-state index contributed by atoms with van der Waals surface area (Å²) in [6.45, 7) is 5.47. The first-order valence-electron chi connectivity index (χ1n) is 8.10. The number of rotatable bonds is 7. The van der Waals surface area contributed by atoms with Gasteiger partial charge in [-0.25, -0.2) is 18.1 Å². The molecule has 0 bridgehead atoms. The van der Waals surface area contributed by atoms with Crippen LogP contribution in [0.3, 0.4) is 0 Å². The number of aliphatic hydroxyl groups is 1. The molecule has 1 aromatic rings. The van der Waals surface area contributed by atoms with Gasteiger partial charge < -0.3 is 14.4 Å². The third-order valence-corrected chi connectivity index (χ3v) is 5.56. The second-order valence-electron chi connectivity index (χ2n) is 6.41. The van der Waals surface area contributed by atoms with Crippen molar-refractivity contribution in [1.29, 1.82) is 0 Å². The molecule has 2 rings (SSSR count). The van der Waals surface area contributed by atoms with Gasteiger partial charge in [-0.1, -0.05) is 13.8 Å². The zero-order valence-corrected chi connectivity index (χ0v) is 14.8. The molecule has 1 aliphatic heterocycles. The highest BCUT2D eigenvalue weighted by Gasteiger charge is 2.24. The maximum absolute atomic E-state index is 12.3. The molecular weight excluding hydrogens is 318 g/mol. The van der Waals surface area contributed by atoms with Crippen molar-refractivity contribution in [2.24, 2.45) is 13.0 Å². The fraction of sp³-hybridized carbons (Fsp3) is 0.800. The average Bonchev–Trinajstić information content (AvgIpc) is 2.91. The normalized spacial score (nSPS) is 18.5. The molecule has 1 atom stereocenters. The molecule has 7 nitrogen and oxygen atoms in total. The summed E-state index contributed by atoms with van der Waals surface area (Å²) < 4.78 is 34.1. The van der Waals surface area contributed by atoms with Crippen LogP contribution in [0.25, 0.3) is 0 Å². The lowest BCUT2D eigenvalue weighted by Gasteiger charge is -2.26. The van der Waals surface area contributed by atoms with E-state index in [4.69, 9.17) is 4.74 Å². The SMILES string of the molecule is CC(C)c1nc(S(=O)(=O)NCC[C@H](O)C2CCOCC2)cn1C. The number of sulfonamides is 1. The highest BCUT2D eigenvalue weighted by molar-refractivity contribution is 7.89. The van der Waals surface area contributed by atoms with Crippen LogP contribution in [0.15, 0.2) is 11.2 Å². The van der Waals surface area contributed by atoms with Crippen molar-refractivity contribution in [1.82, 2.24) is 14.3 Å². The highest BCUT2D eigenvalue weighted by Crippen LogP contribution is 2.21. The van der Waals surface area contributed by atoms with E-state index in [1.807, 2.05) is 13.8 Å². The summed E-state index contributed by atoms with van der Waals surface area (Å²) in [5.74, 6) is 1.07. The summed E-state index contributed by atoms with van der Waals surface area (Å²) >= 11 is 0. The number of nitrogens with one attached hydrogen (secondary N) is 1. The Kier molecular flexibility index (Phi) is 6.19. The number of aryl methyl sites for hydroxylation is 1. The average molecular weight is 345 g/mol. The highest BCUT2D eigenvalue weighted by atomic mass is 32.2. The molecule has 1 saturated heterocycles. The number of hydrogen-bond donors (Lipinski definition) is 2. The topological polar surface area (TPSA) is 93.5 Å². The molecule has 0 radical (unpaired) electrons. The third kappa shape index (κ3) is 4.76. The van der Waals surface area contributed by atoms with E-state index in [-0.39, 0.29) is 23.4 Å². The van der Waals surface area contributed by atoms with Crippen molar-refractivity contribution in [3.05, 3.63) is 12.0 Å². The van der Waals surface area contributed by atoms with Crippen LogP contribution >= 0.6 is 0 Å². The molecule has 0 unspecified atom stereocenters. The zero-order valence-electron chi connectivity index (χ0n) is 14.0. The number of imidazole rings is 1. The fourth-order valence-electron chi connectivity index (χ4n) is 2.87. The van der Waals surface area contributed by atoms with Crippen molar-refractivity contribution in [2.45, 2.75) is 50.2 Å². The summed E-state index contributed by atoms with van der Waals surface area (Å²) in [6, 6.07) is 0. The zero-order chi connectivity index (χ0) is 17.0. The molecule has 0 aromatic carbocycles. The molecular formula is C15H27N3O4S. The first-order chi connectivity index (χ1) is 10.8. The number of nitrogens with zero attached hydrogens (tertiary/aromatic N) is 2. The second-order valence-corrected chi connectivity index (χ2v) is 8.12. The molecule has 0 aliphatic carbocycles. The van der Waals surface area contributed by atoms with Gasteiger partial charge in [-0.05, 0) is 25.2 Å². The van der Waals surface area contributed by atoms with E-state index >= 15 is 0 Å². The molecule has 1 aromatic heterocycles. The Hall–Kier alpha value is -0.960. The second kappa shape index (κ2) is 7.74. The predicted molar refractivity (Wildman–Crippen MR) is 86.7 cm³/mol. The molecule has 132 valence electrons. The Labute approximate surface area is 138 Å². The van der Waals surface area contributed by atoms with Gasteiger partial charge in [-0.15, -0.1) is 0 Å². The van der Waals surface area contributed by atoms with Crippen molar-refractivity contribution >= 4 is 10.0 Å². The molecule has 1 fully saturated rings. The molecule has 0 amide bonds. The van der Waals surface area contributed by atoms with Crippen molar-refractivity contribution in [3.8, 4) is 0 Å². The van der Waals surface area contributed by atoms with Crippen LogP contribution in [-0.4, -0.2) is 48.9 Å². The number of aliphatic hydroxyl groups excluding tert-OH is 1. The van der Waals surface area contributed by atoms with Crippen molar-refractivity contribution in [2.75, 3.05) is 19.8 Å². The summed E-state index contributed by atoms with van der Waals surface area (Å²) in [5.41, 5.74) is 0. The van der Waals surface area contributed by atoms with E-state index in [1.165, 1.54) is 6.20 Å². The fourth-order valence-corrected chi connectivity index (χ4v) is 3.91. The first kappa shape index (κ1) is 18.4. The molecule has 0 saturated carbocycles. The maximum atomic E-state index is 12.3. The van der Waals surface area contributed by atoms with Gasteiger partial charge in [0.2, 0.25) is 0 Å². The van der Waals surface area contributed by atoms with E-state index < -0.39 is 16.1 Å². The summed E-state index contributed by atoms with van der Waals surface area (Å²) in [4.78, 5) is 4.20. The molecule has 8 heteroatoms. The number of aromatic nitrogens is 2. The predicted octanol–water partition coefficient (Wildman–Crippen LogP) is 0.999. The van der Waals surface area contributed by atoms with E-state index in [9.17, 15) is 13.5 Å². The molecule has 0 spiro atoms. The minimum atomic E-state index is -3.64. The van der Waals surface area contributed by atoms with Gasteiger partial charge in [0.15, 0.2) is 5.03 Å². The quantitative estimate of drug-likeness (QED) is 0.769. The van der Waals surface area contributed by atoms with Gasteiger partial charge in [-0.3, -0.25) is 0 Å². The third-order valence-electron chi connectivity index (χ3n) is 4.22. The van der Waals surface area contributed by atoms with E-state index in [0.29, 0.717) is 19.6 Å². The summed E-state index contributed by atoms with van der Waals surface area (Å²) in [6.07, 6.45) is 3.06. The van der Waals surface area contributed by atoms with Crippen LogP contribution in [0.2, 0.25) is 0 Å². The Balaban J connectivity index is 1.90. The van der Waals surface area contributed by atoms with Crippen LogP contribution in [-0.2, 0) is 21.8 Å². The van der Waals surface area contributed by atoms with Crippen LogP contribution in [0.5, 0.6) is 0 Å². The monoisotopic (exact) mass is 345 g/mol. The number of hydrogen-bond acceptors (Lipinski definition) is 5. The minimum absolute atomic E-state index is 0.0317. The smallest absolute Gasteiger partial charge is 0.259 e. The Morgan fingerprint density at radius 3 is 2.65 bits per heavy atom. The molecule has 23 heavy (non-hydrogen) atoms. The Morgan fingerprint density at radius 2 is 2.09 bits per heavy atom. The first-order valence-corrected chi connectivity index (χ1v) is 9.58. The van der Waals surface area contributed by atoms with E-state index in [2.05, 4.69) is 9.71 Å². The largest absolute Gasteiger partial charge is 0.393 e. The van der Waals surface area contributed by atoms with Gasteiger partial charge in [0.05, 0.1) is 6.10 Å². The van der Waals surface area contributed by atoms with Gasteiger partial charge >= 0.3 is 0 Å². The van der Waals surface area contributed by atoms with Crippen LogP contribution in [0.4, 0.5) is 0 Å². The molecule has 2 heterocycles. The van der Waals surface area contributed by atoms with E-state index in [0.717, 1.165) is 18.7 Å². The van der Waals surface area contributed by atoms with Crippen molar-refractivity contribution in [3.63, 3.8) is 0 Å². The van der Waals surface area contributed by atoms with Gasteiger partial charge in [0.1, 0.15) is 5.82 Å². The lowest BCUT2D eigenvalue weighted by atomic mass is 9.92. The lowest BCUT2D eigenvalue weighted by molar-refractivity contribution is 0.00567. The minimum Gasteiger partial charge on any atom is -0.393 e. The summed E-state index contributed by atoms with van der Waals surface area (Å²) in [7, 11) is -1.85. The van der Waals surface area contributed by atoms with Crippen LogP contribution in [0.1, 0.15) is 44.9 Å². The molecule has 2 N–H and O–H groups in total. The standard InChI is InChI=1S/C15H27N3O4S/c1-11(2)15-17-14(10-18(15)3)23(20,21)16-7-4-13(19)12-5-8-22-9-6-12/h10-13,16,19H,4-9H2,1-3H3/t13-/m0/s1. The van der Waals surface area contributed by atoms with E-state index in [1.54, 1.807) is 11.6 Å². The Bertz CT molecular complexity index is 606. The van der Waals surface area contributed by atoms with Gasteiger partial charge in [0, 0.05) is 38.9 Å². The Morgan fingerprint density at radius 1 is 1.43 bits per heavy atom.